The largest absolute Gasteiger partial charge is 0.218 e. The highest BCUT2D eigenvalue weighted by Gasteiger charge is 2.46. The van der Waals surface area contributed by atoms with Gasteiger partial charge in [0.05, 0.1) is 0 Å². The second kappa shape index (κ2) is 7.00. The molecular weight excluding hydrogens is 408 g/mol. The lowest BCUT2D eigenvalue weighted by atomic mass is 9.87. The van der Waals surface area contributed by atoms with Gasteiger partial charge in [-0.2, -0.15) is 0 Å². The standard InChI is InChI=1S/C26H29O2S2/c1-16-12-22-24(14-18(16)3)30(27,28)25-15-19(4)17(2)13-23(25)29(22)21-10-8-20(9-11-21)26(5,6)7/h8-15H,1-7H3/q+1. The summed E-state index contributed by atoms with van der Waals surface area (Å²) in [6.45, 7) is 14.7. The van der Waals surface area contributed by atoms with Crippen LogP contribution in [0.5, 0.6) is 0 Å². The van der Waals surface area contributed by atoms with Crippen molar-refractivity contribution >= 4 is 20.7 Å². The maximum absolute atomic E-state index is 13.6. The third kappa shape index (κ3) is 3.30. The van der Waals surface area contributed by atoms with E-state index in [0.717, 1.165) is 36.9 Å². The van der Waals surface area contributed by atoms with Crippen LogP contribution in [0.25, 0.3) is 0 Å². The van der Waals surface area contributed by atoms with Crippen LogP contribution in [-0.2, 0) is 26.1 Å². The van der Waals surface area contributed by atoms with Gasteiger partial charge in [-0.15, -0.1) is 0 Å². The Hall–Kier alpha value is -2.04. The van der Waals surface area contributed by atoms with Crippen LogP contribution >= 0.6 is 0 Å². The van der Waals surface area contributed by atoms with Crippen LogP contribution < -0.4 is 0 Å². The van der Waals surface area contributed by atoms with Crippen LogP contribution in [0.1, 0.15) is 48.6 Å². The first kappa shape index (κ1) is 21.2. The van der Waals surface area contributed by atoms with Gasteiger partial charge in [0.15, 0.2) is 14.7 Å². The van der Waals surface area contributed by atoms with Gasteiger partial charge >= 0.3 is 0 Å². The van der Waals surface area contributed by atoms with Crippen LogP contribution in [-0.4, -0.2) is 8.42 Å². The zero-order chi connectivity index (χ0) is 22.0. The predicted octanol–water partition coefficient (Wildman–Crippen LogP) is 6.46. The molecule has 0 spiro atoms. The van der Waals surface area contributed by atoms with Crippen LogP contribution in [0.15, 0.2) is 73.0 Å². The minimum atomic E-state index is -3.55. The third-order valence-corrected chi connectivity index (χ3v) is 10.5. The van der Waals surface area contributed by atoms with E-state index in [1.807, 2.05) is 26.0 Å². The number of sulfone groups is 1. The first-order chi connectivity index (χ1) is 13.9. The van der Waals surface area contributed by atoms with Crippen molar-refractivity contribution < 1.29 is 8.42 Å². The van der Waals surface area contributed by atoms with Gasteiger partial charge in [0.2, 0.25) is 9.84 Å². The molecule has 3 aromatic rings. The van der Waals surface area contributed by atoms with Gasteiger partial charge in [0.25, 0.3) is 0 Å². The summed E-state index contributed by atoms with van der Waals surface area (Å²) in [5.41, 5.74) is 5.63. The second-order valence-electron chi connectivity index (χ2n) is 9.35. The summed E-state index contributed by atoms with van der Waals surface area (Å²) in [4.78, 5) is 3.91. The van der Waals surface area contributed by atoms with Gasteiger partial charge in [-0.25, -0.2) is 8.42 Å². The number of fused-ring (bicyclic) bond motifs is 2. The van der Waals surface area contributed by atoms with Crippen LogP contribution in [0.3, 0.4) is 0 Å². The molecule has 0 unspecified atom stereocenters. The Morgan fingerprint density at radius 2 is 1.07 bits per heavy atom. The highest BCUT2D eigenvalue weighted by atomic mass is 32.2. The fourth-order valence-electron chi connectivity index (χ4n) is 3.85. The first-order valence-electron chi connectivity index (χ1n) is 10.2. The van der Waals surface area contributed by atoms with Crippen molar-refractivity contribution in [2.24, 2.45) is 0 Å². The average molecular weight is 438 g/mol. The molecule has 1 aliphatic rings. The SMILES string of the molecule is Cc1cc2c(cc1C)S(=O)(=O)c1cc(C)c(C)cc1[S+]2c1ccc(C(C)(C)C)cc1. The maximum Gasteiger partial charge on any atom is 0.216 e. The molecule has 0 N–H and O–H groups in total. The summed E-state index contributed by atoms with van der Waals surface area (Å²) in [6.07, 6.45) is 0. The van der Waals surface area contributed by atoms with Crippen LogP contribution in [0.2, 0.25) is 0 Å². The molecule has 0 amide bonds. The Balaban J connectivity index is 2.04. The molecule has 2 nitrogen and oxygen atoms in total. The topological polar surface area (TPSA) is 34.1 Å². The Kier molecular flexibility index (Phi) is 4.94. The molecule has 4 rings (SSSR count). The summed E-state index contributed by atoms with van der Waals surface area (Å²) >= 11 is 0. The zero-order valence-corrected chi connectivity index (χ0v) is 20.4. The molecule has 0 radical (unpaired) electrons. The molecular formula is C26H29O2S2+. The molecule has 1 heterocycles. The molecule has 0 aromatic heterocycles. The lowest BCUT2D eigenvalue weighted by Crippen LogP contribution is -2.21. The lowest BCUT2D eigenvalue weighted by Gasteiger charge is -2.23. The lowest BCUT2D eigenvalue weighted by molar-refractivity contribution is 0.589. The quantitative estimate of drug-likeness (QED) is 0.320. The van der Waals surface area contributed by atoms with E-state index in [4.69, 9.17) is 0 Å². The third-order valence-electron chi connectivity index (χ3n) is 6.10. The van der Waals surface area contributed by atoms with E-state index in [2.05, 4.69) is 71.0 Å². The molecule has 3 aromatic carbocycles. The smallest absolute Gasteiger partial charge is 0.216 e. The second-order valence-corrected chi connectivity index (χ2v) is 13.2. The van der Waals surface area contributed by atoms with Crippen molar-refractivity contribution in [1.82, 2.24) is 0 Å². The van der Waals surface area contributed by atoms with Gasteiger partial charge in [-0.1, -0.05) is 32.9 Å². The van der Waals surface area contributed by atoms with Gasteiger partial charge in [0.1, 0.15) is 20.7 Å². The van der Waals surface area contributed by atoms with Crippen molar-refractivity contribution in [3.8, 4) is 0 Å². The summed E-state index contributed by atoms with van der Waals surface area (Å²) in [5.74, 6) is 0. The van der Waals surface area contributed by atoms with Crippen LogP contribution in [0.4, 0.5) is 0 Å². The molecule has 30 heavy (non-hydrogen) atoms. The predicted molar refractivity (Wildman–Crippen MR) is 125 cm³/mol. The van der Waals surface area contributed by atoms with Gasteiger partial charge in [-0.3, -0.25) is 0 Å². The Morgan fingerprint density at radius 1 is 0.667 bits per heavy atom. The van der Waals surface area contributed by atoms with Crippen molar-refractivity contribution in [1.29, 1.82) is 0 Å². The van der Waals surface area contributed by atoms with Crippen molar-refractivity contribution in [2.45, 2.75) is 78.4 Å². The molecule has 0 fully saturated rings. The summed E-state index contributed by atoms with van der Waals surface area (Å²) in [6, 6.07) is 16.6. The molecule has 4 heteroatoms. The molecule has 0 aliphatic carbocycles. The number of hydrogen-bond donors (Lipinski definition) is 0. The summed E-state index contributed by atoms with van der Waals surface area (Å²) in [7, 11) is -4.00. The Bertz CT molecular complexity index is 1200. The number of rotatable bonds is 1. The minimum Gasteiger partial charge on any atom is -0.218 e. The first-order valence-corrected chi connectivity index (χ1v) is 12.9. The van der Waals surface area contributed by atoms with Gasteiger partial charge in [0, 0.05) is 0 Å². The van der Waals surface area contributed by atoms with Gasteiger partial charge in [-0.05, 0) is 97.3 Å². The van der Waals surface area contributed by atoms with E-state index in [9.17, 15) is 8.42 Å². The van der Waals surface area contributed by atoms with E-state index < -0.39 is 20.7 Å². The Morgan fingerprint density at radius 3 is 1.47 bits per heavy atom. The molecule has 0 atom stereocenters. The van der Waals surface area contributed by atoms with E-state index >= 15 is 0 Å². The summed E-state index contributed by atoms with van der Waals surface area (Å²) < 4.78 is 27.2. The van der Waals surface area contributed by atoms with E-state index in [1.165, 1.54) is 5.56 Å². The molecule has 1 aliphatic heterocycles. The number of aryl methyl sites for hydroxylation is 4. The van der Waals surface area contributed by atoms with Gasteiger partial charge < -0.3 is 0 Å². The molecule has 0 bridgehead atoms. The highest BCUT2D eigenvalue weighted by molar-refractivity contribution is 8.00. The van der Waals surface area contributed by atoms with E-state index in [-0.39, 0.29) is 5.41 Å². The Labute approximate surface area is 183 Å². The highest BCUT2D eigenvalue weighted by Crippen LogP contribution is 2.46. The fourth-order valence-corrected chi connectivity index (χ4v) is 8.82. The molecule has 156 valence electrons. The minimum absolute atomic E-state index is 0.0781. The average Bonchev–Trinajstić information content (AvgIpc) is 2.65. The molecule has 0 saturated heterocycles. The fraction of sp³-hybridized carbons (Fsp3) is 0.308. The van der Waals surface area contributed by atoms with E-state index in [1.54, 1.807) is 0 Å². The zero-order valence-electron chi connectivity index (χ0n) is 18.8. The normalized spacial score (nSPS) is 15.6. The number of hydrogen-bond acceptors (Lipinski definition) is 2. The van der Waals surface area contributed by atoms with Crippen LogP contribution in [0, 0.1) is 27.7 Å². The summed E-state index contributed by atoms with van der Waals surface area (Å²) in [5, 5.41) is 0. The van der Waals surface area contributed by atoms with Crippen molar-refractivity contribution in [2.75, 3.05) is 0 Å². The van der Waals surface area contributed by atoms with Crippen molar-refractivity contribution in [3.05, 3.63) is 76.3 Å². The monoisotopic (exact) mass is 437 g/mol. The van der Waals surface area contributed by atoms with E-state index in [0.29, 0.717) is 9.79 Å². The maximum atomic E-state index is 13.6. The van der Waals surface area contributed by atoms with Crippen molar-refractivity contribution in [3.63, 3.8) is 0 Å². The molecule has 0 saturated carbocycles. The number of benzene rings is 3.